The molecule has 0 spiro atoms. The van der Waals surface area contributed by atoms with Crippen LogP contribution in [0.25, 0.3) is 0 Å². The fourth-order valence-corrected chi connectivity index (χ4v) is 4.21. The normalized spacial score (nSPS) is 44.2. The molecule has 3 aliphatic rings. The van der Waals surface area contributed by atoms with Gasteiger partial charge < -0.3 is 14.2 Å². The maximum Gasteiger partial charge on any atom is 0.309 e. The van der Waals surface area contributed by atoms with Crippen LogP contribution in [0.3, 0.4) is 0 Å². The van der Waals surface area contributed by atoms with Crippen LogP contribution in [0.1, 0.15) is 52.9 Å². The van der Waals surface area contributed by atoms with Gasteiger partial charge in [-0.05, 0) is 56.8 Å². The average Bonchev–Trinajstić information content (AvgIpc) is 3.24. The minimum Gasteiger partial charge on any atom is -0.465 e. The number of hydrogen-bond donors (Lipinski definition) is 0. The van der Waals surface area contributed by atoms with E-state index in [9.17, 15) is 4.79 Å². The summed E-state index contributed by atoms with van der Waals surface area (Å²) < 4.78 is 17.0. The van der Waals surface area contributed by atoms with E-state index in [-0.39, 0.29) is 18.0 Å². The second-order valence-corrected chi connectivity index (χ2v) is 7.53. The van der Waals surface area contributed by atoms with Crippen LogP contribution in [0, 0.1) is 23.7 Å². The summed E-state index contributed by atoms with van der Waals surface area (Å²) in [6.45, 7) is 7.73. The Morgan fingerprint density at radius 1 is 1.09 bits per heavy atom. The number of epoxide rings is 1. The van der Waals surface area contributed by atoms with Gasteiger partial charge in [0.05, 0.1) is 30.8 Å². The molecule has 4 heteroatoms. The highest BCUT2D eigenvalue weighted by Gasteiger charge is 2.47. The lowest BCUT2D eigenvalue weighted by molar-refractivity contribution is -0.156. The van der Waals surface area contributed by atoms with Crippen molar-refractivity contribution >= 4 is 5.97 Å². The molecule has 3 rings (SSSR count). The predicted octanol–water partition coefficient (Wildman–Crippen LogP) is 3.18. The molecule has 0 N–H and O–H groups in total. The van der Waals surface area contributed by atoms with E-state index in [2.05, 4.69) is 13.8 Å². The molecule has 0 aromatic rings. The molecule has 3 fully saturated rings. The standard InChI is InChI=1S/C18H30O4/c1-4-20-14-6-5-11(2)15(9-14)18(19)21-10-13-8-17-16(22-17)7-12(13)3/h11-17H,4-10H2,1-3H3. The van der Waals surface area contributed by atoms with Gasteiger partial charge in [0.2, 0.25) is 0 Å². The molecule has 2 aliphatic carbocycles. The second-order valence-electron chi connectivity index (χ2n) is 7.53. The fourth-order valence-electron chi connectivity index (χ4n) is 4.21. The van der Waals surface area contributed by atoms with Crippen molar-refractivity contribution in [1.29, 1.82) is 0 Å². The van der Waals surface area contributed by atoms with Gasteiger partial charge in [-0.25, -0.2) is 0 Å². The molecule has 0 aromatic heterocycles. The van der Waals surface area contributed by atoms with Gasteiger partial charge in [-0.3, -0.25) is 4.79 Å². The first-order valence-electron chi connectivity index (χ1n) is 9.02. The van der Waals surface area contributed by atoms with Gasteiger partial charge in [-0.15, -0.1) is 0 Å². The Hall–Kier alpha value is -0.610. The van der Waals surface area contributed by atoms with E-state index in [4.69, 9.17) is 14.2 Å². The quantitative estimate of drug-likeness (QED) is 0.578. The number of ether oxygens (including phenoxy) is 3. The molecule has 7 unspecified atom stereocenters. The van der Waals surface area contributed by atoms with E-state index < -0.39 is 0 Å². The zero-order valence-corrected chi connectivity index (χ0v) is 14.1. The van der Waals surface area contributed by atoms with Gasteiger partial charge in [-0.1, -0.05) is 13.8 Å². The van der Waals surface area contributed by atoms with Crippen molar-refractivity contribution in [3.05, 3.63) is 0 Å². The van der Waals surface area contributed by atoms with E-state index >= 15 is 0 Å². The summed E-state index contributed by atoms with van der Waals surface area (Å²) in [4.78, 5) is 12.5. The number of hydrogen-bond acceptors (Lipinski definition) is 4. The molecule has 1 saturated heterocycles. The van der Waals surface area contributed by atoms with Gasteiger partial charge in [0.15, 0.2) is 0 Å². The van der Waals surface area contributed by atoms with Gasteiger partial charge in [0.25, 0.3) is 0 Å². The van der Waals surface area contributed by atoms with Crippen LogP contribution in [0.2, 0.25) is 0 Å². The van der Waals surface area contributed by atoms with Crippen LogP contribution in [-0.4, -0.2) is 37.5 Å². The topological polar surface area (TPSA) is 48.1 Å². The van der Waals surface area contributed by atoms with Gasteiger partial charge >= 0.3 is 5.97 Å². The van der Waals surface area contributed by atoms with E-state index in [1.54, 1.807) is 0 Å². The van der Waals surface area contributed by atoms with Crippen LogP contribution in [-0.2, 0) is 19.0 Å². The Morgan fingerprint density at radius 2 is 1.86 bits per heavy atom. The van der Waals surface area contributed by atoms with E-state index in [1.165, 1.54) is 0 Å². The molecule has 2 saturated carbocycles. The molecular weight excluding hydrogens is 280 g/mol. The molecule has 0 bridgehead atoms. The molecule has 7 atom stereocenters. The highest BCUT2D eigenvalue weighted by atomic mass is 16.6. The Kier molecular flexibility index (Phi) is 5.08. The minimum absolute atomic E-state index is 0.00844. The van der Waals surface area contributed by atoms with Crippen molar-refractivity contribution in [2.45, 2.75) is 71.2 Å². The largest absolute Gasteiger partial charge is 0.465 e. The Labute approximate surface area is 133 Å². The molecular formula is C18H30O4. The number of esters is 1. The summed E-state index contributed by atoms with van der Waals surface area (Å²) in [6.07, 6.45) is 6.29. The average molecular weight is 310 g/mol. The van der Waals surface area contributed by atoms with E-state index in [0.717, 1.165) is 38.7 Å². The third-order valence-electron chi connectivity index (χ3n) is 5.92. The molecule has 0 aromatic carbocycles. The first-order valence-corrected chi connectivity index (χ1v) is 9.02. The Bertz CT molecular complexity index is 397. The minimum atomic E-state index is -0.0112. The molecule has 1 aliphatic heterocycles. The number of fused-ring (bicyclic) bond motifs is 1. The lowest BCUT2D eigenvalue weighted by Gasteiger charge is -2.33. The molecule has 0 amide bonds. The van der Waals surface area contributed by atoms with Crippen molar-refractivity contribution in [2.24, 2.45) is 23.7 Å². The third-order valence-corrected chi connectivity index (χ3v) is 5.92. The van der Waals surface area contributed by atoms with Crippen LogP contribution < -0.4 is 0 Å². The fraction of sp³-hybridized carbons (Fsp3) is 0.944. The van der Waals surface area contributed by atoms with Crippen molar-refractivity contribution in [1.82, 2.24) is 0 Å². The summed E-state index contributed by atoms with van der Waals surface area (Å²) in [5, 5.41) is 0. The summed E-state index contributed by atoms with van der Waals surface area (Å²) in [7, 11) is 0. The van der Waals surface area contributed by atoms with Crippen molar-refractivity contribution in [2.75, 3.05) is 13.2 Å². The zero-order chi connectivity index (χ0) is 15.7. The maximum atomic E-state index is 12.5. The van der Waals surface area contributed by atoms with Crippen LogP contribution in [0.5, 0.6) is 0 Å². The monoisotopic (exact) mass is 310 g/mol. The number of carbonyl (C=O) groups excluding carboxylic acids is 1. The van der Waals surface area contributed by atoms with Crippen molar-refractivity contribution in [3.8, 4) is 0 Å². The molecule has 126 valence electrons. The maximum absolute atomic E-state index is 12.5. The summed E-state index contributed by atoms with van der Waals surface area (Å²) in [5.74, 6) is 1.46. The smallest absolute Gasteiger partial charge is 0.309 e. The van der Waals surface area contributed by atoms with Crippen LogP contribution >= 0.6 is 0 Å². The first kappa shape index (κ1) is 16.3. The Balaban J connectivity index is 1.47. The highest BCUT2D eigenvalue weighted by Crippen LogP contribution is 2.43. The van der Waals surface area contributed by atoms with Crippen LogP contribution in [0.4, 0.5) is 0 Å². The summed E-state index contributed by atoms with van der Waals surface area (Å²) >= 11 is 0. The second kappa shape index (κ2) is 6.88. The van der Waals surface area contributed by atoms with E-state index in [0.29, 0.717) is 36.6 Å². The Morgan fingerprint density at radius 3 is 2.64 bits per heavy atom. The lowest BCUT2D eigenvalue weighted by atomic mass is 9.78. The molecule has 4 nitrogen and oxygen atoms in total. The molecule has 1 heterocycles. The predicted molar refractivity (Wildman–Crippen MR) is 83.4 cm³/mol. The van der Waals surface area contributed by atoms with E-state index in [1.807, 2.05) is 6.92 Å². The molecule has 0 radical (unpaired) electrons. The number of rotatable bonds is 5. The van der Waals surface area contributed by atoms with Gasteiger partial charge in [-0.2, -0.15) is 0 Å². The lowest BCUT2D eigenvalue weighted by Crippen LogP contribution is -2.36. The molecule has 22 heavy (non-hydrogen) atoms. The first-order chi connectivity index (χ1) is 10.6. The number of carbonyl (C=O) groups is 1. The van der Waals surface area contributed by atoms with Crippen molar-refractivity contribution in [3.63, 3.8) is 0 Å². The van der Waals surface area contributed by atoms with Crippen LogP contribution in [0.15, 0.2) is 0 Å². The van der Waals surface area contributed by atoms with Gasteiger partial charge in [0.1, 0.15) is 0 Å². The third kappa shape index (κ3) is 3.65. The van der Waals surface area contributed by atoms with Gasteiger partial charge in [0, 0.05) is 6.61 Å². The SMILES string of the molecule is CCOC1CCC(C)C(C(=O)OCC2CC3OC3CC2C)C1. The summed E-state index contributed by atoms with van der Waals surface area (Å²) in [6, 6.07) is 0. The zero-order valence-electron chi connectivity index (χ0n) is 14.1. The highest BCUT2D eigenvalue weighted by molar-refractivity contribution is 5.73. The summed E-state index contributed by atoms with van der Waals surface area (Å²) in [5.41, 5.74) is 0. The van der Waals surface area contributed by atoms with Crippen molar-refractivity contribution < 1.29 is 19.0 Å².